The maximum Gasteiger partial charge on any atom is 0.318 e. The number of carbonyl (C=O) groups is 2. The highest BCUT2D eigenvalue weighted by atomic mass is 32.2. The maximum absolute atomic E-state index is 11.8. The van der Waals surface area contributed by atoms with Gasteiger partial charge in [-0.25, -0.2) is 8.42 Å². The summed E-state index contributed by atoms with van der Waals surface area (Å²) in [5.41, 5.74) is 0. The summed E-state index contributed by atoms with van der Waals surface area (Å²) >= 11 is 1.42. The monoisotopic (exact) mass is 340 g/mol. The molecule has 1 rings (SSSR count). The van der Waals surface area contributed by atoms with Gasteiger partial charge < -0.3 is 14.7 Å². The molecule has 0 bridgehead atoms. The lowest BCUT2D eigenvalue weighted by atomic mass is 10.2. The minimum absolute atomic E-state index is 0.0278. The van der Waals surface area contributed by atoms with E-state index in [9.17, 15) is 18.0 Å². The van der Waals surface area contributed by atoms with Crippen LogP contribution in [0.2, 0.25) is 0 Å². The van der Waals surface area contributed by atoms with Crippen molar-refractivity contribution in [3.63, 3.8) is 0 Å². The van der Waals surface area contributed by atoms with E-state index in [-0.39, 0.29) is 19.0 Å². The lowest BCUT2D eigenvalue weighted by Crippen LogP contribution is -2.51. The van der Waals surface area contributed by atoms with Gasteiger partial charge >= 0.3 is 5.97 Å². The molecule has 1 saturated heterocycles. The summed E-state index contributed by atoms with van der Waals surface area (Å²) < 4.78 is 29.5. The van der Waals surface area contributed by atoms with Crippen LogP contribution in [0.25, 0.3) is 0 Å². The minimum atomic E-state index is -3.64. The van der Waals surface area contributed by atoms with Gasteiger partial charge in [0.1, 0.15) is 6.54 Å². The van der Waals surface area contributed by atoms with Crippen molar-refractivity contribution in [2.75, 3.05) is 51.1 Å². The van der Waals surface area contributed by atoms with E-state index in [1.165, 1.54) is 11.8 Å². The predicted octanol–water partition coefficient (Wildman–Crippen LogP) is -1.08. The lowest BCUT2D eigenvalue weighted by Gasteiger charge is -2.34. The fraction of sp³-hybridized carbons (Fsp3) is 0.818. The summed E-state index contributed by atoms with van der Waals surface area (Å²) in [4.78, 5) is 24.2. The lowest BCUT2D eigenvalue weighted by molar-refractivity contribution is -0.139. The van der Waals surface area contributed by atoms with Crippen LogP contribution in [-0.4, -0.2) is 91.8 Å². The van der Waals surface area contributed by atoms with E-state index in [0.29, 0.717) is 18.9 Å². The van der Waals surface area contributed by atoms with E-state index < -0.39 is 28.6 Å². The third kappa shape index (κ3) is 6.20. The second-order valence-corrected chi connectivity index (χ2v) is 7.56. The zero-order valence-electron chi connectivity index (χ0n) is 12.0. The van der Waals surface area contributed by atoms with E-state index in [2.05, 4.69) is 0 Å². The Bertz CT molecular complexity index is 481. The molecule has 10 heteroatoms. The van der Waals surface area contributed by atoms with E-state index in [1.807, 2.05) is 6.26 Å². The van der Waals surface area contributed by atoms with Crippen LogP contribution in [-0.2, 0) is 24.3 Å². The third-order valence-electron chi connectivity index (χ3n) is 2.95. The molecule has 0 spiro atoms. The number of nitrogens with zero attached hydrogens (tertiary/aromatic N) is 2. The van der Waals surface area contributed by atoms with Gasteiger partial charge in [0.2, 0.25) is 15.9 Å². The molecule has 0 radical (unpaired) electrons. The predicted molar refractivity (Wildman–Crippen MR) is 78.8 cm³/mol. The summed E-state index contributed by atoms with van der Waals surface area (Å²) in [7, 11) is -3.64. The highest BCUT2D eigenvalue weighted by Crippen LogP contribution is 2.11. The molecule has 1 heterocycles. The van der Waals surface area contributed by atoms with Crippen LogP contribution >= 0.6 is 11.8 Å². The summed E-state index contributed by atoms with van der Waals surface area (Å²) in [5.74, 6) is -0.899. The van der Waals surface area contributed by atoms with E-state index in [0.717, 1.165) is 10.6 Å². The van der Waals surface area contributed by atoms with Crippen molar-refractivity contribution in [2.45, 2.75) is 6.10 Å². The van der Waals surface area contributed by atoms with Crippen molar-refractivity contribution in [3.05, 3.63) is 0 Å². The summed E-state index contributed by atoms with van der Waals surface area (Å²) in [6.45, 7) is 0.361. The van der Waals surface area contributed by atoms with Gasteiger partial charge in [0, 0.05) is 19.6 Å². The number of carboxylic acid groups (broad SMARTS) is 1. The van der Waals surface area contributed by atoms with E-state index in [1.54, 1.807) is 4.90 Å². The van der Waals surface area contributed by atoms with Gasteiger partial charge in [-0.1, -0.05) is 0 Å². The van der Waals surface area contributed by atoms with Gasteiger partial charge in [-0.15, -0.1) is 0 Å². The summed E-state index contributed by atoms with van der Waals surface area (Å²) in [6.07, 6.45) is 2.27. The van der Waals surface area contributed by atoms with Crippen molar-refractivity contribution < 1.29 is 27.9 Å². The first-order chi connectivity index (χ1) is 9.74. The molecule has 1 atom stereocenters. The van der Waals surface area contributed by atoms with Crippen molar-refractivity contribution in [1.82, 2.24) is 9.21 Å². The molecule has 0 saturated carbocycles. The molecule has 1 aliphatic rings. The molecular weight excluding hydrogens is 320 g/mol. The van der Waals surface area contributed by atoms with Crippen LogP contribution < -0.4 is 0 Å². The smallest absolute Gasteiger partial charge is 0.318 e. The molecule has 1 unspecified atom stereocenters. The molecule has 122 valence electrons. The number of carboxylic acids is 1. The highest BCUT2D eigenvalue weighted by molar-refractivity contribution is 7.99. The molecule has 1 fully saturated rings. The standard InChI is InChI=1S/C11H20N2O6S2/c1-20-8-10(14)12-3-4-19-9(5-12)6-13(7-11(15)16)21(2,17)18/h9H,3-8H2,1-2H3,(H,15,16). The summed E-state index contributed by atoms with van der Waals surface area (Å²) in [5, 5.41) is 8.77. The number of hydrogen-bond acceptors (Lipinski definition) is 6. The number of hydrogen-bond donors (Lipinski definition) is 1. The maximum atomic E-state index is 11.8. The Morgan fingerprint density at radius 3 is 2.67 bits per heavy atom. The molecular formula is C11H20N2O6S2. The summed E-state index contributed by atoms with van der Waals surface area (Å²) in [6, 6.07) is 0. The van der Waals surface area contributed by atoms with Crippen molar-refractivity contribution in [2.24, 2.45) is 0 Å². The number of ether oxygens (including phenoxy) is 1. The van der Waals surface area contributed by atoms with Crippen molar-refractivity contribution in [1.29, 1.82) is 0 Å². The van der Waals surface area contributed by atoms with Crippen molar-refractivity contribution >= 4 is 33.7 Å². The molecule has 0 aromatic carbocycles. The number of carbonyl (C=O) groups excluding carboxylic acids is 1. The van der Waals surface area contributed by atoms with Crippen LogP contribution in [0.3, 0.4) is 0 Å². The van der Waals surface area contributed by atoms with Gasteiger partial charge in [0.25, 0.3) is 0 Å². The van der Waals surface area contributed by atoms with Crippen LogP contribution in [0, 0.1) is 0 Å². The Morgan fingerprint density at radius 2 is 2.14 bits per heavy atom. The van der Waals surface area contributed by atoms with Crippen LogP contribution in [0.4, 0.5) is 0 Å². The second kappa shape index (κ2) is 7.97. The van der Waals surface area contributed by atoms with Gasteiger partial charge in [0.05, 0.1) is 24.7 Å². The fourth-order valence-electron chi connectivity index (χ4n) is 1.97. The van der Waals surface area contributed by atoms with Gasteiger partial charge in [-0.2, -0.15) is 16.1 Å². The Morgan fingerprint density at radius 1 is 1.48 bits per heavy atom. The van der Waals surface area contributed by atoms with E-state index >= 15 is 0 Å². The first kappa shape index (κ1) is 18.2. The van der Waals surface area contributed by atoms with E-state index in [4.69, 9.17) is 9.84 Å². The third-order valence-corrected chi connectivity index (χ3v) is 4.70. The largest absolute Gasteiger partial charge is 0.480 e. The number of thioether (sulfide) groups is 1. The number of amides is 1. The molecule has 0 aromatic rings. The Labute approximate surface area is 128 Å². The average molecular weight is 340 g/mol. The molecule has 1 N–H and O–H groups in total. The topological polar surface area (TPSA) is 104 Å². The number of aliphatic carboxylic acids is 1. The average Bonchev–Trinajstić information content (AvgIpc) is 2.37. The number of morpholine rings is 1. The molecule has 1 amide bonds. The molecule has 0 aliphatic carbocycles. The van der Waals surface area contributed by atoms with Crippen LogP contribution in [0.5, 0.6) is 0 Å². The molecule has 0 aromatic heterocycles. The highest BCUT2D eigenvalue weighted by Gasteiger charge is 2.29. The molecule has 1 aliphatic heterocycles. The SMILES string of the molecule is CSCC(=O)N1CCOC(CN(CC(=O)O)S(C)(=O)=O)C1. The molecule has 21 heavy (non-hydrogen) atoms. The second-order valence-electron chi connectivity index (χ2n) is 4.71. The number of rotatable bonds is 7. The fourth-order valence-corrected chi connectivity index (χ4v) is 3.18. The Kier molecular flexibility index (Phi) is 6.91. The first-order valence-corrected chi connectivity index (χ1v) is 9.53. The first-order valence-electron chi connectivity index (χ1n) is 6.29. The molecule has 8 nitrogen and oxygen atoms in total. The van der Waals surface area contributed by atoms with Crippen LogP contribution in [0.1, 0.15) is 0 Å². The van der Waals surface area contributed by atoms with Gasteiger partial charge in [-0.3, -0.25) is 9.59 Å². The normalized spacial score (nSPS) is 19.8. The van der Waals surface area contributed by atoms with Crippen LogP contribution in [0.15, 0.2) is 0 Å². The Balaban J connectivity index is 2.67. The zero-order chi connectivity index (χ0) is 16.0. The number of sulfonamides is 1. The zero-order valence-corrected chi connectivity index (χ0v) is 13.7. The van der Waals surface area contributed by atoms with Crippen molar-refractivity contribution in [3.8, 4) is 0 Å². The van der Waals surface area contributed by atoms with Gasteiger partial charge in [-0.05, 0) is 6.26 Å². The quantitative estimate of drug-likeness (QED) is 0.629. The van der Waals surface area contributed by atoms with Gasteiger partial charge in [0.15, 0.2) is 0 Å². The minimum Gasteiger partial charge on any atom is -0.480 e. The Hall–Kier alpha value is -0.840.